The number of hydrogen-bond donors (Lipinski definition) is 1. The molecule has 1 amide bonds. The standard InChI is InChI=1S/C43H79NO9.S12/c1-16-34-24(7)22(5)28(11)42(48-34)52-38-26(9)30(13)40(50-36(38)18-3)46-20-33(44-32(15)45)21-47-41-31(14)27(10)39(37(19-4)51-41)53-43-29(12)23(6)25(8)35(17-2)49-43;1-3-5-7-9-11-12-10-8-6-4-2/h22-31,33-43H,16-21H2,1-15H3,(H,44,45);/t22?,23?,24-,25-,26?,27?,28-,29-,30-,31-,33?,34?,35?,36?,37?,38-,39-,40+,41+,42+,43+;/m1./s1. The number of amides is 1. The molecule has 4 rings (SSSR count). The van der Waals surface area contributed by atoms with Crippen molar-refractivity contribution in [2.75, 3.05) is 13.2 Å². The molecule has 20 atom stereocenters. The van der Waals surface area contributed by atoms with Crippen molar-refractivity contribution in [2.24, 2.45) is 59.2 Å². The lowest BCUT2D eigenvalue weighted by molar-refractivity contribution is -0.327. The molecule has 10 nitrogen and oxygen atoms in total. The summed E-state index contributed by atoms with van der Waals surface area (Å²) in [6.07, 6.45) is 2.08. The molecule has 0 radical (unpaired) electrons. The van der Waals surface area contributed by atoms with Gasteiger partial charge in [-0.05, 0) is 61.2 Å². The third-order valence-electron chi connectivity index (χ3n) is 14.6. The van der Waals surface area contributed by atoms with Gasteiger partial charge in [0.05, 0.1) is 55.9 Å². The smallest absolute Gasteiger partial charge is 0.217 e. The van der Waals surface area contributed by atoms with Crippen LogP contribution in [-0.2, 0) is 154 Å². The van der Waals surface area contributed by atoms with Crippen LogP contribution in [0.2, 0.25) is 0 Å². The van der Waals surface area contributed by atoms with E-state index in [1.54, 1.807) is 71.0 Å². The summed E-state index contributed by atoms with van der Waals surface area (Å²) in [7, 11) is 16.3. The molecule has 8 unspecified atom stereocenters. The van der Waals surface area contributed by atoms with E-state index >= 15 is 0 Å². The van der Waals surface area contributed by atoms with E-state index in [-0.39, 0.29) is 98.0 Å². The zero-order valence-electron chi connectivity index (χ0n) is 40.9. The highest BCUT2D eigenvalue weighted by Gasteiger charge is 2.48. The highest BCUT2D eigenvalue weighted by Crippen LogP contribution is 2.43. The highest BCUT2D eigenvalue weighted by atomic mass is 33.4. The van der Waals surface area contributed by atoms with Gasteiger partial charge in [0.2, 0.25) is 5.91 Å². The van der Waals surface area contributed by atoms with Gasteiger partial charge >= 0.3 is 0 Å². The SMILES string of the molecule is CCC1O[C@@H](O[C@H]2C(CC)O[C@H](OCC(CO[C@H]3OC(CC)[C@H](O[C@@H]4OC(CC)[C@H](C)C(C)[C@H]4C)C(C)[C@H]3C)NC(C)=O)[C@H](C)C2C)[C@H](C)C(C)[C@H]1C.S=S=S=S=S=S=S=S=S=S=S=S. The van der Waals surface area contributed by atoms with E-state index in [2.05, 4.69) is 125 Å². The van der Waals surface area contributed by atoms with Gasteiger partial charge in [0.1, 0.15) is 0 Å². The molecule has 0 aliphatic carbocycles. The first-order chi connectivity index (χ1) is 31.0. The molecule has 4 heterocycles. The fourth-order valence-electron chi connectivity index (χ4n) is 9.44. The topological polar surface area (TPSA) is 103 Å². The minimum Gasteiger partial charge on any atom is -0.350 e. The average Bonchev–Trinajstić information content (AvgIpc) is 3.29. The number of ether oxygens (including phenoxy) is 8. The van der Waals surface area contributed by atoms with E-state index in [1.165, 1.54) is 24.7 Å². The molecule has 4 aliphatic rings. The van der Waals surface area contributed by atoms with E-state index in [9.17, 15) is 4.79 Å². The summed E-state index contributed by atoms with van der Waals surface area (Å²) >= 11 is 9.38. The fraction of sp³-hybridized carbons (Fsp3) is 0.977. The molecule has 65 heavy (non-hydrogen) atoms. The Hall–Kier alpha value is 1.79. The second kappa shape index (κ2) is 32.1. The molecule has 0 aromatic rings. The molecule has 382 valence electrons. The maximum absolute atomic E-state index is 12.3. The van der Waals surface area contributed by atoms with E-state index in [0.717, 1.165) is 25.7 Å². The van der Waals surface area contributed by atoms with Crippen molar-refractivity contribution >= 4 is 117 Å². The first kappa shape index (κ1) is 61.1. The van der Waals surface area contributed by atoms with Gasteiger partial charge in [-0.15, -0.1) is 0 Å². The molecule has 0 saturated carbocycles. The molecular weight excluding hydrogens is 1060 g/mol. The van der Waals surface area contributed by atoms with Gasteiger partial charge in [-0.25, -0.2) is 0 Å². The number of carbonyl (C=O) groups is 1. The lowest BCUT2D eigenvalue weighted by atomic mass is 9.78. The van der Waals surface area contributed by atoms with Gasteiger partial charge in [-0.3, -0.25) is 4.79 Å². The third-order valence-corrected chi connectivity index (χ3v) is 34.6. The lowest BCUT2D eigenvalue weighted by Crippen LogP contribution is -2.56. The predicted octanol–water partition coefficient (Wildman–Crippen LogP) is 8.17. The van der Waals surface area contributed by atoms with E-state index in [0.29, 0.717) is 35.5 Å². The summed E-state index contributed by atoms with van der Waals surface area (Å²) in [5.74, 6) is 2.96. The van der Waals surface area contributed by atoms with E-state index in [4.69, 9.17) is 37.9 Å². The normalized spacial score (nSPS) is 39.8. The number of nitrogens with one attached hydrogen (secondary N) is 1. The van der Waals surface area contributed by atoms with Gasteiger partial charge in [-0.1, -0.05) is 96.9 Å². The maximum atomic E-state index is 12.3. The second-order valence-corrected chi connectivity index (χ2v) is 36.0. The van der Waals surface area contributed by atoms with Crippen LogP contribution < -0.4 is 5.32 Å². The van der Waals surface area contributed by atoms with Crippen LogP contribution in [0.3, 0.4) is 0 Å². The fourth-order valence-corrected chi connectivity index (χ4v) is 31.4. The quantitative estimate of drug-likeness (QED) is 0.172. The van der Waals surface area contributed by atoms with Crippen LogP contribution in [0, 0.1) is 59.2 Å². The monoisotopic (exact) mass is 1140 g/mol. The van der Waals surface area contributed by atoms with E-state index < -0.39 is 12.6 Å². The van der Waals surface area contributed by atoms with Crippen molar-refractivity contribution in [1.29, 1.82) is 0 Å². The third kappa shape index (κ3) is 18.3. The van der Waals surface area contributed by atoms with Crippen molar-refractivity contribution in [3.05, 3.63) is 0 Å². The largest absolute Gasteiger partial charge is 0.350 e. The summed E-state index contributed by atoms with van der Waals surface area (Å²) in [5, 5.41) is 3.05. The highest BCUT2D eigenvalue weighted by molar-refractivity contribution is 8.75. The van der Waals surface area contributed by atoms with Gasteiger partial charge < -0.3 is 43.2 Å². The molecule has 4 aliphatic heterocycles. The molecule has 22 heteroatoms. The molecule has 0 aromatic heterocycles. The van der Waals surface area contributed by atoms with Crippen LogP contribution in [0.1, 0.15) is 130 Å². The van der Waals surface area contributed by atoms with Gasteiger partial charge in [0.15, 0.2) is 25.2 Å². The maximum Gasteiger partial charge on any atom is 0.217 e. The van der Waals surface area contributed by atoms with Crippen molar-refractivity contribution < 1.29 is 42.7 Å². The summed E-state index contributed by atoms with van der Waals surface area (Å²) < 4.78 is 52.9. The summed E-state index contributed by atoms with van der Waals surface area (Å²) in [4.78, 5) is 12.3. The molecule has 0 aromatic carbocycles. The Labute approximate surface area is 430 Å². The van der Waals surface area contributed by atoms with Gasteiger partial charge in [0, 0.05) is 142 Å². The Morgan fingerprint density at radius 1 is 0.462 bits per heavy atom. The number of rotatable bonds is 15. The van der Waals surface area contributed by atoms with Crippen LogP contribution >= 0.6 is 0 Å². The van der Waals surface area contributed by atoms with E-state index in [1.807, 2.05) is 0 Å². The minimum absolute atomic E-state index is 0.0679. The molecule has 0 spiro atoms. The molecule has 4 fully saturated rings. The number of carbonyl (C=O) groups excluding carboxylic acids is 1. The Morgan fingerprint density at radius 2 is 0.769 bits per heavy atom. The summed E-state index contributed by atoms with van der Waals surface area (Å²) in [6.45, 7) is 33.2. The van der Waals surface area contributed by atoms with Gasteiger partial charge in [0.25, 0.3) is 0 Å². The predicted molar refractivity (Wildman–Crippen MR) is 295 cm³/mol. The number of hydrogen-bond acceptors (Lipinski definition) is 11. The van der Waals surface area contributed by atoms with Crippen LogP contribution in [0.5, 0.6) is 0 Å². The van der Waals surface area contributed by atoms with Crippen LogP contribution in [0.4, 0.5) is 0 Å². The Balaban J connectivity index is 0.000000816. The zero-order chi connectivity index (χ0) is 48.4. The van der Waals surface area contributed by atoms with Crippen LogP contribution in [0.25, 0.3) is 0 Å². The molecule has 4 saturated heterocycles. The first-order valence-electron chi connectivity index (χ1n) is 23.3. The Morgan fingerprint density at radius 3 is 1.08 bits per heavy atom. The van der Waals surface area contributed by atoms with Gasteiger partial charge in [-0.2, -0.15) is 0 Å². The Bertz CT molecular complexity index is 1780. The lowest BCUT2D eigenvalue weighted by Gasteiger charge is -2.49. The van der Waals surface area contributed by atoms with Crippen LogP contribution in [-0.4, -0.2) is 86.9 Å². The van der Waals surface area contributed by atoms with Crippen molar-refractivity contribution in [1.82, 2.24) is 5.32 Å². The van der Waals surface area contributed by atoms with Crippen molar-refractivity contribution in [2.45, 2.75) is 197 Å². The van der Waals surface area contributed by atoms with Crippen molar-refractivity contribution in [3.63, 3.8) is 0 Å². The molecule has 1 N–H and O–H groups in total. The Kier molecular flexibility index (Phi) is 30.1. The average molecular weight is 1140 g/mol. The second-order valence-electron chi connectivity index (χ2n) is 18.3. The molecular formula is C43H79NO9S12. The van der Waals surface area contributed by atoms with Crippen molar-refractivity contribution in [3.8, 4) is 0 Å². The zero-order valence-corrected chi connectivity index (χ0v) is 50.7. The summed E-state index contributed by atoms with van der Waals surface area (Å²) in [6, 6.07) is -0.371. The minimum atomic E-state index is -0.437. The molecule has 0 bridgehead atoms. The van der Waals surface area contributed by atoms with Crippen LogP contribution in [0.15, 0.2) is 0 Å². The first-order valence-corrected chi connectivity index (χ1v) is 38.0. The summed E-state index contributed by atoms with van der Waals surface area (Å²) in [5.41, 5.74) is 0.